The third kappa shape index (κ3) is 2.15. The second kappa shape index (κ2) is 5.16. The monoisotopic (exact) mass is 312 g/mol. The second-order valence-electron chi connectivity index (χ2n) is 5.55. The van der Waals surface area contributed by atoms with Crippen LogP contribution in [-0.4, -0.2) is 15.6 Å². The average molecular weight is 313 g/mol. The van der Waals surface area contributed by atoms with Crippen LogP contribution in [0.2, 0.25) is 0 Å². The number of carbonyl (C=O) groups excluding carboxylic acids is 1. The van der Waals surface area contributed by atoms with Crippen LogP contribution in [0.15, 0.2) is 10.7 Å². The molecule has 18 heavy (non-hydrogen) atoms. The fourth-order valence-corrected chi connectivity index (χ4v) is 3.44. The number of nitrogens with zero attached hydrogens (tertiary/aromatic N) is 2. The van der Waals surface area contributed by atoms with Gasteiger partial charge < -0.3 is 0 Å². The maximum Gasteiger partial charge on any atom is 0.188 e. The Bertz CT molecular complexity index is 445. The van der Waals surface area contributed by atoms with Crippen LogP contribution >= 0.6 is 15.9 Å². The van der Waals surface area contributed by atoms with E-state index in [1.54, 1.807) is 6.20 Å². The van der Waals surface area contributed by atoms with E-state index in [-0.39, 0.29) is 17.2 Å². The van der Waals surface area contributed by atoms with E-state index in [1.165, 1.54) is 12.8 Å². The number of aromatic nitrogens is 2. The van der Waals surface area contributed by atoms with Crippen LogP contribution in [0.3, 0.4) is 0 Å². The summed E-state index contributed by atoms with van der Waals surface area (Å²) in [4.78, 5) is 12.9. The first-order chi connectivity index (χ1) is 8.52. The molecule has 1 aromatic heterocycles. The zero-order chi connectivity index (χ0) is 13.3. The van der Waals surface area contributed by atoms with Gasteiger partial charge >= 0.3 is 0 Å². The van der Waals surface area contributed by atoms with Crippen LogP contribution in [0.4, 0.5) is 0 Å². The molecule has 1 aromatic rings. The van der Waals surface area contributed by atoms with Gasteiger partial charge in [0.25, 0.3) is 0 Å². The summed E-state index contributed by atoms with van der Waals surface area (Å²) in [5.41, 5.74) is 0.614. The number of ketones is 1. The molecule has 0 saturated heterocycles. The maximum atomic E-state index is 12.9. The Labute approximate surface area is 117 Å². The highest BCUT2D eigenvalue weighted by Crippen LogP contribution is 2.44. The number of carbonyl (C=O) groups is 1. The minimum absolute atomic E-state index is 0.144. The van der Waals surface area contributed by atoms with Crippen molar-refractivity contribution in [1.82, 2.24) is 9.78 Å². The number of rotatable bonds is 4. The molecular formula is C14H21BrN2O. The lowest BCUT2D eigenvalue weighted by molar-refractivity contribution is 0.0776. The Morgan fingerprint density at radius 3 is 2.61 bits per heavy atom. The summed E-state index contributed by atoms with van der Waals surface area (Å²) < 4.78 is 2.68. The van der Waals surface area contributed by atoms with Crippen molar-refractivity contribution < 1.29 is 4.79 Å². The molecule has 0 amide bonds. The summed E-state index contributed by atoms with van der Waals surface area (Å²) in [5, 5.41) is 4.32. The summed E-state index contributed by atoms with van der Waals surface area (Å²) in [7, 11) is 0. The van der Waals surface area contributed by atoms with Crippen molar-refractivity contribution in [2.24, 2.45) is 5.41 Å². The Hall–Kier alpha value is -0.640. The van der Waals surface area contributed by atoms with Crippen molar-refractivity contribution >= 4 is 21.7 Å². The second-order valence-corrected chi connectivity index (χ2v) is 6.40. The first kappa shape index (κ1) is 13.8. The van der Waals surface area contributed by atoms with Gasteiger partial charge in [-0.05, 0) is 49.0 Å². The van der Waals surface area contributed by atoms with Gasteiger partial charge in [-0.3, -0.25) is 9.48 Å². The molecule has 0 atom stereocenters. The van der Waals surface area contributed by atoms with Gasteiger partial charge in [0.05, 0.1) is 10.7 Å². The van der Waals surface area contributed by atoms with E-state index in [0.717, 1.165) is 29.4 Å². The van der Waals surface area contributed by atoms with Crippen LogP contribution in [-0.2, 0) is 0 Å². The van der Waals surface area contributed by atoms with Crippen molar-refractivity contribution in [3.8, 4) is 0 Å². The molecule has 1 fully saturated rings. The molecule has 0 aromatic carbocycles. The number of hydrogen-bond donors (Lipinski definition) is 0. The summed E-state index contributed by atoms with van der Waals surface area (Å²) in [5.74, 6) is 0.278. The van der Waals surface area contributed by atoms with Crippen LogP contribution in [0.25, 0.3) is 0 Å². The standard InChI is InChI=1S/C14H21BrN2O/c1-4-14(7-5-6-8-14)13(18)12-11(15)9-16-17(12)10(2)3/h9-10H,4-8H2,1-3H3. The average Bonchev–Trinajstić information content (AvgIpc) is 2.95. The van der Waals surface area contributed by atoms with Crippen LogP contribution in [0.5, 0.6) is 0 Å². The lowest BCUT2D eigenvalue weighted by Gasteiger charge is -2.26. The number of Topliss-reactive ketones (excluding diaryl/α,β-unsaturated/α-hetero) is 1. The Morgan fingerprint density at radius 2 is 2.11 bits per heavy atom. The normalized spacial score (nSPS) is 18.5. The predicted octanol–water partition coefficient (Wildman–Crippen LogP) is 4.38. The van der Waals surface area contributed by atoms with Gasteiger partial charge in [-0.15, -0.1) is 0 Å². The van der Waals surface area contributed by atoms with Crippen LogP contribution in [0, 0.1) is 5.41 Å². The first-order valence-corrected chi connectivity index (χ1v) is 7.59. The van der Waals surface area contributed by atoms with Gasteiger partial charge in [0.1, 0.15) is 5.69 Å². The van der Waals surface area contributed by atoms with Gasteiger partial charge in [0.2, 0.25) is 0 Å². The molecule has 3 nitrogen and oxygen atoms in total. The summed E-state index contributed by atoms with van der Waals surface area (Å²) in [6, 6.07) is 0.213. The minimum Gasteiger partial charge on any atom is -0.292 e. The summed E-state index contributed by atoms with van der Waals surface area (Å²) in [6.07, 6.45) is 7.07. The molecule has 4 heteroatoms. The largest absolute Gasteiger partial charge is 0.292 e. The maximum absolute atomic E-state index is 12.9. The zero-order valence-electron chi connectivity index (χ0n) is 11.4. The quantitative estimate of drug-likeness (QED) is 0.773. The Kier molecular flexibility index (Phi) is 3.95. The molecule has 0 N–H and O–H groups in total. The van der Waals surface area contributed by atoms with Gasteiger partial charge in [-0.25, -0.2) is 0 Å². The zero-order valence-corrected chi connectivity index (χ0v) is 13.0. The lowest BCUT2D eigenvalue weighted by Crippen LogP contribution is -2.30. The topological polar surface area (TPSA) is 34.9 Å². The van der Waals surface area contributed by atoms with E-state index >= 15 is 0 Å². The number of halogens is 1. The molecule has 0 aliphatic heterocycles. The van der Waals surface area contributed by atoms with E-state index < -0.39 is 0 Å². The third-order valence-electron chi connectivity index (χ3n) is 4.17. The third-order valence-corrected chi connectivity index (χ3v) is 4.75. The fraction of sp³-hybridized carbons (Fsp3) is 0.714. The molecule has 1 aliphatic rings. The van der Waals surface area contributed by atoms with Crippen molar-refractivity contribution in [3.63, 3.8) is 0 Å². The van der Waals surface area contributed by atoms with Gasteiger partial charge in [0, 0.05) is 11.5 Å². The molecule has 1 aliphatic carbocycles. The van der Waals surface area contributed by atoms with E-state index in [9.17, 15) is 4.79 Å². The molecule has 0 radical (unpaired) electrons. The van der Waals surface area contributed by atoms with Crippen molar-refractivity contribution in [3.05, 3.63) is 16.4 Å². The molecule has 0 spiro atoms. The minimum atomic E-state index is -0.144. The predicted molar refractivity (Wildman–Crippen MR) is 75.8 cm³/mol. The van der Waals surface area contributed by atoms with Crippen molar-refractivity contribution in [2.75, 3.05) is 0 Å². The van der Waals surface area contributed by atoms with Crippen LogP contribution < -0.4 is 0 Å². The Morgan fingerprint density at radius 1 is 1.50 bits per heavy atom. The van der Waals surface area contributed by atoms with Gasteiger partial charge in [-0.2, -0.15) is 5.10 Å². The lowest BCUT2D eigenvalue weighted by atomic mass is 9.78. The fourth-order valence-electron chi connectivity index (χ4n) is 2.99. The molecule has 0 unspecified atom stereocenters. The van der Waals surface area contributed by atoms with Gasteiger partial charge in [-0.1, -0.05) is 19.8 Å². The van der Waals surface area contributed by atoms with Crippen LogP contribution in [0.1, 0.15) is 69.4 Å². The van der Waals surface area contributed by atoms with E-state index in [0.29, 0.717) is 0 Å². The SMILES string of the molecule is CCC1(C(=O)c2c(Br)cnn2C(C)C)CCCC1. The van der Waals surface area contributed by atoms with Crippen molar-refractivity contribution in [2.45, 2.75) is 58.9 Å². The highest BCUT2D eigenvalue weighted by molar-refractivity contribution is 9.10. The Balaban J connectivity index is 2.42. The first-order valence-electron chi connectivity index (χ1n) is 6.79. The van der Waals surface area contributed by atoms with Crippen molar-refractivity contribution in [1.29, 1.82) is 0 Å². The molecule has 1 saturated carbocycles. The molecule has 1 heterocycles. The molecule has 0 bridgehead atoms. The van der Waals surface area contributed by atoms with Gasteiger partial charge in [0.15, 0.2) is 5.78 Å². The molecule has 2 rings (SSSR count). The van der Waals surface area contributed by atoms with E-state index in [2.05, 4.69) is 41.8 Å². The summed E-state index contributed by atoms with van der Waals surface area (Å²) >= 11 is 3.48. The smallest absolute Gasteiger partial charge is 0.188 e. The van der Waals surface area contributed by atoms with E-state index in [4.69, 9.17) is 0 Å². The highest BCUT2D eigenvalue weighted by Gasteiger charge is 2.42. The summed E-state index contributed by atoms with van der Waals surface area (Å²) in [6.45, 7) is 6.25. The molecule has 100 valence electrons. The number of hydrogen-bond acceptors (Lipinski definition) is 2. The highest BCUT2D eigenvalue weighted by atomic mass is 79.9. The molecular weight excluding hydrogens is 292 g/mol. The van der Waals surface area contributed by atoms with E-state index in [1.807, 2.05) is 4.68 Å².